The third-order valence-corrected chi connectivity index (χ3v) is 4.76. The van der Waals surface area contributed by atoms with Crippen LogP contribution in [0.2, 0.25) is 0 Å². The van der Waals surface area contributed by atoms with Crippen molar-refractivity contribution in [2.45, 2.75) is 36.5 Å². The molecule has 15 heavy (non-hydrogen) atoms. The van der Waals surface area contributed by atoms with Crippen LogP contribution in [0, 0.1) is 5.92 Å². The SMILES string of the molecule is C[C@H]1COC(C)(C)[C@@H]1Sc1ccccc1. The van der Waals surface area contributed by atoms with E-state index in [0.29, 0.717) is 11.2 Å². The molecule has 0 saturated carbocycles. The summed E-state index contributed by atoms with van der Waals surface area (Å²) in [6, 6.07) is 10.6. The van der Waals surface area contributed by atoms with Crippen LogP contribution in [0.3, 0.4) is 0 Å². The van der Waals surface area contributed by atoms with Crippen LogP contribution in [-0.4, -0.2) is 17.5 Å². The average molecular weight is 222 g/mol. The first-order valence-corrected chi connectivity index (χ1v) is 6.33. The monoisotopic (exact) mass is 222 g/mol. The Kier molecular flexibility index (Phi) is 3.08. The van der Waals surface area contributed by atoms with Crippen LogP contribution in [0.5, 0.6) is 0 Å². The van der Waals surface area contributed by atoms with Crippen LogP contribution in [0.1, 0.15) is 20.8 Å². The van der Waals surface area contributed by atoms with E-state index in [4.69, 9.17) is 4.74 Å². The molecule has 1 aromatic carbocycles. The summed E-state index contributed by atoms with van der Waals surface area (Å²) in [6.07, 6.45) is 0. The Bertz CT molecular complexity index is 321. The first-order chi connectivity index (χ1) is 7.09. The number of rotatable bonds is 2. The van der Waals surface area contributed by atoms with Gasteiger partial charge in [0.25, 0.3) is 0 Å². The maximum atomic E-state index is 5.82. The molecule has 0 N–H and O–H groups in total. The second-order valence-electron chi connectivity index (χ2n) is 4.74. The lowest BCUT2D eigenvalue weighted by atomic mass is 9.99. The number of hydrogen-bond acceptors (Lipinski definition) is 2. The molecule has 0 radical (unpaired) electrons. The molecule has 1 heterocycles. The molecule has 2 rings (SSSR count). The van der Waals surface area contributed by atoms with Gasteiger partial charge >= 0.3 is 0 Å². The second kappa shape index (κ2) is 4.18. The van der Waals surface area contributed by atoms with Gasteiger partial charge in [0.15, 0.2) is 0 Å². The first kappa shape index (κ1) is 11.0. The topological polar surface area (TPSA) is 9.23 Å². The molecule has 0 spiro atoms. The molecule has 1 aliphatic heterocycles. The largest absolute Gasteiger partial charge is 0.374 e. The first-order valence-electron chi connectivity index (χ1n) is 5.45. The molecular formula is C13H18OS. The molecule has 0 aromatic heterocycles. The van der Waals surface area contributed by atoms with Gasteiger partial charge in [-0.1, -0.05) is 25.1 Å². The van der Waals surface area contributed by atoms with Gasteiger partial charge in [-0.15, -0.1) is 11.8 Å². The maximum absolute atomic E-state index is 5.82. The van der Waals surface area contributed by atoms with Crippen molar-refractivity contribution in [2.75, 3.05) is 6.61 Å². The zero-order chi connectivity index (χ0) is 10.9. The molecule has 1 saturated heterocycles. The van der Waals surface area contributed by atoms with Gasteiger partial charge in [-0.2, -0.15) is 0 Å². The zero-order valence-electron chi connectivity index (χ0n) is 9.57. The molecule has 1 aliphatic rings. The highest BCUT2D eigenvalue weighted by atomic mass is 32.2. The van der Waals surface area contributed by atoms with Gasteiger partial charge in [0.2, 0.25) is 0 Å². The quantitative estimate of drug-likeness (QED) is 0.756. The van der Waals surface area contributed by atoms with E-state index in [9.17, 15) is 0 Å². The summed E-state index contributed by atoms with van der Waals surface area (Å²) in [5.41, 5.74) is -0.0000746. The zero-order valence-corrected chi connectivity index (χ0v) is 10.4. The van der Waals surface area contributed by atoms with Gasteiger partial charge < -0.3 is 4.74 Å². The van der Waals surface area contributed by atoms with Crippen molar-refractivity contribution in [3.63, 3.8) is 0 Å². The van der Waals surface area contributed by atoms with Gasteiger partial charge in [0.1, 0.15) is 0 Å². The van der Waals surface area contributed by atoms with E-state index < -0.39 is 0 Å². The van der Waals surface area contributed by atoms with Crippen LogP contribution in [0.4, 0.5) is 0 Å². The van der Waals surface area contributed by atoms with Crippen molar-refractivity contribution in [3.05, 3.63) is 30.3 Å². The van der Waals surface area contributed by atoms with Crippen LogP contribution in [0.25, 0.3) is 0 Å². The van der Waals surface area contributed by atoms with Crippen molar-refractivity contribution in [3.8, 4) is 0 Å². The number of hydrogen-bond donors (Lipinski definition) is 0. The molecule has 0 aliphatic carbocycles. The van der Waals surface area contributed by atoms with Crippen molar-refractivity contribution in [1.82, 2.24) is 0 Å². The van der Waals surface area contributed by atoms with E-state index in [1.807, 2.05) is 11.8 Å². The van der Waals surface area contributed by atoms with E-state index in [-0.39, 0.29) is 5.60 Å². The fourth-order valence-electron chi connectivity index (χ4n) is 2.10. The minimum atomic E-state index is -0.0000746. The molecular weight excluding hydrogens is 204 g/mol. The summed E-state index contributed by atoms with van der Waals surface area (Å²) in [6.45, 7) is 7.54. The highest BCUT2D eigenvalue weighted by molar-refractivity contribution is 8.00. The van der Waals surface area contributed by atoms with Crippen LogP contribution >= 0.6 is 11.8 Å². The third-order valence-electron chi connectivity index (χ3n) is 2.93. The summed E-state index contributed by atoms with van der Waals surface area (Å²) in [4.78, 5) is 1.34. The highest BCUT2D eigenvalue weighted by Crippen LogP contribution is 2.41. The van der Waals surface area contributed by atoms with Crippen molar-refractivity contribution in [1.29, 1.82) is 0 Å². The molecule has 82 valence electrons. The maximum Gasteiger partial charge on any atom is 0.0751 e. The van der Waals surface area contributed by atoms with Gasteiger partial charge in [-0.3, -0.25) is 0 Å². The molecule has 0 bridgehead atoms. The van der Waals surface area contributed by atoms with Gasteiger partial charge in [0, 0.05) is 10.1 Å². The molecule has 2 heteroatoms. The highest BCUT2D eigenvalue weighted by Gasteiger charge is 2.41. The molecule has 1 aromatic rings. The van der Waals surface area contributed by atoms with Gasteiger partial charge in [-0.05, 0) is 31.9 Å². The standard InChI is InChI=1S/C13H18OS/c1-10-9-14-13(2,3)12(10)15-11-7-5-4-6-8-11/h4-8,10,12H,9H2,1-3H3/t10-,12+/m0/s1. The molecule has 2 atom stereocenters. The van der Waals surface area contributed by atoms with E-state index in [0.717, 1.165) is 6.61 Å². The van der Waals surface area contributed by atoms with Crippen molar-refractivity contribution < 1.29 is 4.74 Å². The van der Waals surface area contributed by atoms with Gasteiger partial charge in [0.05, 0.1) is 12.2 Å². The van der Waals surface area contributed by atoms with Crippen LogP contribution in [-0.2, 0) is 4.74 Å². The van der Waals surface area contributed by atoms with Crippen molar-refractivity contribution in [2.24, 2.45) is 5.92 Å². The average Bonchev–Trinajstić information content (AvgIpc) is 2.47. The Morgan fingerprint density at radius 3 is 2.47 bits per heavy atom. The fourth-order valence-corrected chi connectivity index (χ4v) is 3.37. The molecule has 0 amide bonds. The summed E-state index contributed by atoms with van der Waals surface area (Å²) in [5, 5.41) is 0.555. The van der Waals surface area contributed by atoms with Gasteiger partial charge in [-0.25, -0.2) is 0 Å². The Hall–Kier alpha value is -0.470. The predicted octanol–water partition coefficient (Wildman–Crippen LogP) is 3.59. The number of benzene rings is 1. The third kappa shape index (κ3) is 2.37. The Morgan fingerprint density at radius 2 is 1.93 bits per heavy atom. The second-order valence-corrected chi connectivity index (χ2v) is 5.96. The van der Waals surface area contributed by atoms with Crippen molar-refractivity contribution >= 4 is 11.8 Å². The minimum absolute atomic E-state index is 0.0000746. The van der Waals surface area contributed by atoms with Crippen LogP contribution in [0.15, 0.2) is 35.2 Å². The lowest BCUT2D eigenvalue weighted by Gasteiger charge is -2.27. The smallest absolute Gasteiger partial charge is 0.0751 e. The predicted molar refractivity (Wildman–Crippen MR) is 65.3 cm³/mol. The molecule has 0 unspecified atom stereocenters. The Morgan fingerprint density at radius 1 is 1.27 bits per heavy atom. The Balaban J connectivity index is 2.11. The summed E-state index contributed by atoms with van der Waals surface area (Å²) >= 11 is 1.94. The van der Waals surface area contributed by atoms with Crippen LogP contribution < -0.4 is 0 Å². The molecule has 1 nitrogen and oxygen atoms in total. The molecule has 1 fully saturated rings. The normalized spacial score (nSPS) is 29.3. The summed E-state index contributed by atoms with van der Waals surface area (Å²) < 4.78 is 5.82. The van der Waals surface area contributed by atoms with E-state index in [1.54, 1.807) is 0 Å². The number of ether oxygens (including phenoxy) is 1. The lowest BCUT2D eigenvalue weighted by molar-refractivity contribution is 0.0377. The summed E-state index contributed by atoms with van der Waals surface area (Å²) in [7, 11) is 0. The van der Waals surface area contributed by atoms with E-state index in [2.05, 4.69) is 51.1 Å². The van der Waals surface area contributed by atoms with E-state index >= 15 is 0 Å². The van der Waals surface area contributed by atoms with E-state index in [1.165, 1.54) is 4.90 Å². The Labute approximate surface area is 96.2 Å². The number of thioether (sulfide) groups is 1. The minimum Gasteiger partial charge on any atom is -0.374 e. The fraction of sp³-hybridized carbons (Fsp3) is 0.538. The summed E-state index contributed by atoms with van der Waals surface area (Å²) in [5.74, 6) is 0.630. The lowest BCUT2D eigenvalue weighted by Crippen LogP contribution is -2.31.